The zero-order valence-corrected chi connectivity index (χ0v) is 16.5. The van der Waals surface area contributed by atoms with Crippen LogP contribution in [0.4, 0.5) is 11.4 Å². The van der Waals surface area contributed by atoms with Gasteiger partial charge in [-0.2, -0.15) is 11.8 Å². The highest BCUT2D eigenvalue weighted by atomic mass is 35.5. The second-order valence-electron chi connectivity index (χ2n) is 6.94. The SMILES string of the molecule is C[C@H]1CCCCN1CCC(=O)Nc1ccc(N2CCSCC2)c(Cl)c1. The van der Waals surface area contributed by atoms with Crippen molar-refractivity contribution in [3.8, 4) is 0 Å². The summed E-state index contributed by atoms with van der Waals surface area (Å²) in [5, 5.41) is 3.71. The molecule has 0 spiro atoms. The van der Waals surface area contributed by atoms with E-state index in [-0.39, 0.29) is 5.91 Å². The van der Waals surface area contributed by atoms with Gasteiger partial charge in [0.1, 0.15) is 0 Å². The van der Waals surface area contributed by atoms with E-state index in [1.54, 1.807) is 0 Å². The lowest BCUT2D eigenvalue weighted by Crippen LogP contribution is -2.39. The van der Waals surface area contributed by atoms with Crippen LogP contribution in [0.25, 0.3) is 0 Å². The van der Waals surface area contributed by atoms with E-state index >= 15 is 0 Å². The first kappa shape index (κ1) is 18.9. The molecule has 6 heteroatoms. The molecule has 0 radical (unpaired) electrons. The molecule has 2 aliphatic heterocycles. The first-order valence-electron chi connectivity index (χ1n) is 9.29. The Kier molecular flexibility index (Phi) is 6.91. The van der Waals surface area contributed by atoms with Gasteiger partial charge in [-0.05, 0) is 44.5 Å². The molecule has 1 aromatic rings. The number of carbonyl (C=O) groups excluding carboxylic acids is 1. The Hall–Kier alpha value is -0.910. The molecule has 0 saturated carbocycles. The normalized spacial score (nSPS) is 22.0. The third kappa shape index (κ3) is 5.28. The highest BCUT2D eigenvalue weighted by molar-refractivity contribution is 7.99. The van der Waals surface area contributed by atoms with Crippen LogP contribution in [-0.4, -0.2) is 54.5 Å². The van der Waals surface area contributed by atoms with Crippen molar-refractivity contribution in [3.63, 3.8) is 0 Å². The number of thioether (sulfide) groups is 1. The lowest BCUT2D eigenvalue weighted by molar-refractivity contribution is -0.116. The van der Waals surface area contributed by atoms with Gasteiger partial charge < -0.3 is 15.1 Å². The molecule has 1 aromatic carbocycles. The van der Waals surface area contributed by atoms with Crippen LogP contribution in [0.1, 0.15) is 32.6 Å². The fourth-order valence-corrected chi connectivity index (χ4v) is 4.81. The van der Waals surface area contributed by atoms with E-state index in [1.807, 2.05) is 30.0 Å². The van der Waals surface area contributed by atoms with E-state index < -0.39 is 0 Å². The maximum atomic E-state index is 12.3. The molecule has 25 heavy (non-hydrogen) atoms. The van der Waals surface area contributed by atoms with Crippen LogP contribution in [0, 0.1) is 0 Å². The predicted octanol–water partition coefficient (Wildman–Crippen LogP) is 4.10. The predicted molar refractivity (Wildman–Crippen MR) is 109 cm³/mol. The number of piperidine rings is 1. The first-order chi connectivity index (χ1) is 12.1. The number of carbonyl (C=O) groups is 1. The summed E-state index contributed by atoms with van der Waals surface area (Å²) in [5.41, 5.74) is 1.86. The van der Waals surface area contributed by atoms with Crippen LogP contribution < -0.4 is 10.2 Å². The Balaban J connectivity index is 1.51. The number of hydrogen-bond donors (Lipinski definition) is 1. The third-order valence-electron chi connectivity index (χ3n) is 5.15. The Morgan fingerprint density at radius 3 is 2.80 bits per heavy atom. The number of benzene rings is 1. The molecule has 1 atom stereocenters. The molecular formula is C19H28ClN3OS. The number of nitrogens with one attached hydrogen (secondary N) is 1. The van der Waals surface area contributed by atoms with Crippen molar-refractivity contribution in [2.45, 2.75) is 38.6 Å². The molecule has 3 rings (SSSR count). The minimum absolute atomic E-state index is 0.0657. The molecule has 2 heterocycles. The summed E-state index contributed by atoms with van der Waals surface area (Å²) in [6.45, 7) is 6.27. The fourth-order valence-electron chi connectivity index (χ4n) is 3.60. The number of anilines is 2. The van der Waals surface area contributed by atoms with Crippen molar-refractivity contribution in [1.29, 1.82) is 0 Å². The first-order valence-corrected chi connectivity index (χ1v) is 10.8. The summed E-state index contributed by atoms with van der Waals surface area (Å²) in [4.78, 5) is 17.0. The standard InChI is InChI=1S/C19H28ClN3OS/c1-15-4-2-3-8-22(15)9-7-19(24)21-16-5-6-18(17(20)14-16)23-10-12-25-13-11-23/h5-6,14-15H,2-4,7-13H2,1H3,(H,21,24)/t15-/m0/s1. The van der Waals surface area contributed by atoms with E-state index in [0.29, 0.717) is 17.5 Å². The molecule has 138 valence electrons. The number of likely N-dealkylation sites (tertiary alicyclic amines) is 1. The van der Waals surface area contributed by atoms with Crippen molar-refractivity contribution in [2.75, 3.05) is 47.9 Å². The molecule has 0 aliphatic carbocycles. The highest BCUT2D eigenvalue weighted by Crippen LogP contribution is 2.30. The Morgan fingerprint density at radius 1 is 1.28 bits per heavy atom. The molecular weight excluding hydrogens is 354 g/mol. The second kappa shape index (κ2) is 9.15. The van der Waals surface area contributed by atoms with Gasteiger partial charge >= 0.3 is 0 Å². The number of nitrogens with zero attached hydrogens (tertiary/aromatic N) is 2. The van der Waals surface area contributed by atoms with Crippen molar-refractivity contribution in [1.82, 2.24) is 4.90 Å². The van der Waals surface area contributed by atoms with Gasteiger partial charge in [0, 0.05) is 49.3 Å². The van der Waals surface area contributed by atoms with Crippen molar-refractivity contribution in [2.24, 2.45) is 0 Å². The van der Waals surface area contributed by atoms with Crippen molar-refractivity contribution >= 4 is 40.6 Å². The smallest absolute Gasteiger partial charge is 0.225 e. The monoisotopic (exact) mass is 381 g/mol. The largest absolute Gasteiger partial charge is 0.369 e. The van der Waals surface area contributed by atoms with Crippen LogP contribution in [0.15, 0.2) is 18.2 Å². The summed E-state index contributed by atoms with van der Waals surface area (Å²) in [6.07, 6.45) is 4.34. The molecule has 0 bridgehead atoms. The molecule has 4 nitrogen and oxygen atoms in total. The van der Waals surface area contributed by atoms with E-state index in [2.05, 4.69) is 22.0 Å². The maximum Gasteiger partial charge on any atom is 0.225 e. The summed E-state index contributed by atoms with van der Waals surface area (Å²) in [5.74, 6) is 2.35. The van der Waals surface area contributed by atoms with Gasteiger partial charge in [-0.3, -0.25) is 4.79 Å². The van der Waals surface area contributed by atoms with Crippen molar-refractivity contribution < 1.29 is 4.79 Å². The van der Waals surface area contributed by atoms with Crippen LogP contribution in [0.5, 0.6) is 0 Å². The molecule has 1 N–H and O–H groups in total. The quantitative estimate of drug-likeness (QED) is 0.833. The van der Waals surface area contributed by atoms with Gasteiger partial charge in [-0.15, -0.1) is 0 Å². The van der Waals surface area contributed by atoms with E-state index in [9.17, 15) is 4.79 Å². The third-order valence-corrected chi connectivity index (χ3v) is 6.40. The Bertz CT molecular complexity index is 592. The lowest BCUT2D eigenvalue weighted by Gasteiger charge is -2.33. The number of amides is 1. The Labute approximate surface area is 160 Å². The van der Waals surface area contributed by atoms with Gasteiger partial charge in [0.2, 0.25) is 5.91 Å². The summed E-state index contributed by atoms with van der Waals surface area (Å²) >= 11 is 8.44. The summed E-state index contributed by atoms with van der Waals surface area (Å²) < 4.78 is 0. The van der Waals surface area contributed by atoms with Crippen LogP contribution in [-0.2, 0) is 4.79 Å². The molecule has 0 aromatic heterocycles. The molecule has 2 saturated heterocycles. The van der Waals surface area contributed by atoms with Crippen LogP contribution in [0.3, 0.4) is 0 Å². The van der Waals surface area contributed by atoms with Gasteiger partial charge in [0.05, 0.1) is 10.7 Å². The average molecular weight is 382 g/mol. The zero-order chi connectivity index (χ0) is 17.6. The maximum absolute atomic E-state index is 12.3. The fraction of sp³-hybridized carbons (Fsp3) is 0.632. The average Bonchev–Trinajstić information content (AvgIpc) is 2.62. The van der Waals surface area contributed by atoms with Gasteiger partial charge in [-0.1, -0.05) is 18.0 Å². The van der Waals surface area contributed by atoms with Crippen LogP contribution >= 0.6 is 23.4 Å². The van der Waals surface area contributed by atoms with E-state index in [0.717, 1.165) is 49.1 Å². The highest BCUT2D eigenvalue weighted by Gasteiger charge is 2.19. The molecule has 2 aliphatic rings. The van der Waals surface area contributed by atoms with E-state index in [4.69, 9.17) is 11.6 Å². The number of halogens is 1. The Morgan fingerprint density at radius 2 is 2.08 bits per heavy atom. The summed E-state index contributed by atoms with van der Waals surface area (Å²) in [6, 6.07) is 6.46. The number of hydrogen-bond acceptors (Lipinski definition) is 4. The van der Waals surface area contributed by atoms with E-state index in [1.165, 1.54) is 19.3 Å². The van der Waals surface area contributed by atoms with Crippen molar-refractivity contribution in [3.05, 3.63) is 23.2 Å². The number of rotatable bonds is 5. The lowest BCUT2D eigenvalue weighted by atomic mass is 10.0. The molecule has 2 fully saturated rings. The molecule has 1 amide bonds. The second-order valence-corrected chi connectivity index (χ2v) is 8.58. The van der Waals surface area contributed by atoms with Crippen LogP contribution in [0.2, 0.25) is 5.02 Å². The topological polar surface area (TPSA) is 35.6 Å². The molecule has 0 unspecified atom stereocenters. The minimum atomic E-state index is 0.0657. The van der Waals surface area contributed by atoms with Gasteiger partial charge in [-0.25, -0.2) is 0 Å². The minimum Gasteiger partial charge on any atom is -0.369 e. The van der Waals surface area contributed by atoms with Gasteiger partial charge in [0.15, 0.2) is 0 Å². The summed E-state index contributed by atoms with van der Waals surface area (Å²) in [7, 11) is 0. The zero-order valence-electron chi connectivity index (χ0n) is 15.0. The van der Waals surface area contributed by atoms with Gasteiger partial charge in [0.25, 0.3) is 0 Å².